The largest absolute Gasteiger partial charge is 0.378 e. The lowest BCUT2D eigenvalue weighted by Crippen LogP contribution is -2.45. The van der Waals surface area contributed by atoms with Gasteiger partial charge in [-0.3, -0.25) is 4.79 Å². The molecule has 1 atom stereocenters. The Hall–Kier alpha value is -0.670. The second-order valence-corrected chi connectivity index (χ2v) is 8.51. The van der Waals surface area contributed by atoms with Crippen molar-refractivity contribution in [2.24, 2.45) is 0 Å². The van der Waals surface area contributed by atoms with Crippen LogP contribution in [0.2, 0.25) is 0 Å². The second kappa shape index (κ2) is 6.21. The maximum Gasteiger partial charge on any atom is 0.271 e. The molecule has 1 saturated heterocycles. The molecular weight excluding hydrogens is 338 g/mol. The highest BCUT2D eigenvalue weighted by atomic mass is 35.7. The molecule has 1 aliphatic rings. The molecule has 1 N–H and O–H groups in total. The van der Waals surface area contributed by atoms with Gasteiger partial charge in [-0.2, -0.15) is 0 Å². The summed E-state index contributed by atoms with van der Waals surface area (Å²) in [7, 11) is 3.07. The number of halogens is 1. The van der Waals surface area contributed by atoms with Crippen molar-refractivity contribution >= 4 is 37.0 Å². The Labute approximate surface area is 131 Å². The van der Waals surface area contributed by atoms with Gasteiger partial charge in [0.05, 0.1) is 12.2 Å². The van der Waals surface area contributed by atoms with Crippen molar-refractivity contribution in [2.45, 2.75) is 23.2 Å². The minimum atomic E-state index is -3.83. The molecule has 1 aromatic rings. The van der Waals surface area contributed by atoms with Gasteiger partial charge < -0.3 is 14.8 Å². The molecule has 0 aliphatic carbocycles. The topological polar surface area (TPSA) is 81.7 Å². The Morgan fingerprint density at radius 2 is 2.33 bits per heavy atom. The number of hydrogen-bond acceptors (Lipinski definition) is 6. The fourth-order valence-electron chi connectivity index (χ4n) is 2.16. The molecule has 2 heterocycles. The van der Waals surface area contributed by atoms with Crippen LogP contribution >= 0.6 is 22.0 Å². The van der Waals surface area contributed by atoms with Crippen LogP contribution in [0.1, 0.15) is 22.3 Å². The average molecular weight is 354 g/mol. The lowest BCUT2D eigenvalue weighted by atomic mass is 10.0. The number of ether oxygens (including phenoxy) is 2. The summed E-state index contributed by atoms with van der Waals surface area (Å²) < 4.78 is 33.4. The normalized spacial score (nSPS) is 22.4. The molecule has 1 amide bonds. The Bertz CT molecular complexity index is 634. The quantitative estimate of drug-likeness (QED) is 0.811. The van der Waals surface area contributed by atoms with Crippen LogP contribution in [0, 0.1) is 6.92 Å². The van der Waals surface area contributed by atoms with Gasteiger partial charge in [-0.1, -0.05) is 0 Å². The Morgan fingerprint density at radius 3 is 2.81 bits per heavy atom. The first-order chi connectivity index (χ1) is 9.79. The van der Waals surface area contributed by atoms with E-state index in [1.807, 2.05) is 0 Å². The molecule has 1 aliphatic heterocycles. The van der Waals surface area contributed by atoms with E-state index in [1.54, 1.807) is 14.0 Å². The Balaban J connectivity index is 2.09. The molecule has 21 heavy (non-hydrogen) atoms. The van der Waals surface area contributed by atoms with Crippen LogP contribution < -0.4 is 5.32 Å². The SMILES string of the molecule is COC1(CNC(=O)c2csc(S(=O)(=O)Cl)c2C)CCOC1. The van der Waals surface area contributed by atoms with E-state index in [-0.39, 0.29) is 10.1 Å². The third kappa shape index (κ3) is 3.57. The number of hydrogen-bond donors (Lipinski definition) is 1. The van der Waals surface area contributed by atoms with Crippen molar-refractivity contribution in [1.29, 1.82) is 0 Å². The van der Waals surface area contributed by atoms with E-state index in [0.29, 0.717) is 37.3 Å². The van der Waals surface area contributed by atoms with Gasteiger partial charge in [-0.15, -0.1) is 11.3 Å². The molecule has 0 aromatic carbocycles. The van der Waals surface area contributed by atoms with Gasteiger partial charge >= 0.3 is 0 Å². The van der Waals surface area contributed by atoms with E-state index in [9.17, 15) is 13.2 Å². The number of carbonyl (C=O) groups is 1. The van der Waals surface area contributed by atoms with E-state index in [4.69, 9.17) is 20.2 Å². The van der Waals surface area contributed by atoms with Crippen LogP contribution in [0.15, 0.2) is 9.59 Å². The molecule has 6 nitrogen and oxygen atoms in total. The summed E-state index contributed by atoms with van der Waals surface area (Å²) in [5.41, 5.74) is 0.159. The zero-order valence-electron chi connectivity index (χ0n) is 11.6. The minimum Gasteiger partial charge on any atom is -0.378 e. The van der Waals surface area contributed by atoms with E-state index in [0.717, 1.165) is 11.3 Å². The van der Waals surface area contributed by atoms with Crippen LogP contribution in [0.3, 0.4) is 0 Å². The zero-order chi connectivity index (χ0) is 15.7. The summed E-state index contributed by atoms with van der Waals surface area (Å²) >= 11 is 0.938. The second-order valence-electron chi connectivity index (χ2n) is 4.87. The summed E-state index contributed by atoms with van der Waals surface area (Å²) in [4.78, 5) is 12.2. The fraction of sp³-hybridized carbons (Fsp3) is 0.583. The van der Waals surface area contributed by atoms with Gasteiger partial charge in [0, 0.05) is 42.7 Å². The van der Waals surface area contributed by atoms with Crippen molar-refractivity contribution in [3.63, 3.8) is 0 Å². The molecule has 0 bridgehead atoms. The standard InChI is InChI=1S/C12H16ClNO5S2/c1-8-9(5-20-11(8)21(13,16)17)10(15)14-6-12(18-2)3-4-19-7-12/h5H,3-4,6-7H2,1-2H3,(H,14,15). The molecule has 0 spiro atoms. The Morgan fingerprint density at radius 1 is 1.62 bits per heavy atom. The smallest absolute Gasteiger partial charge is 0.271 e. The predicted octanol–water partition coefficient (Wildman–Crippen LogP) is 1.52. The van der Waals surface area contributed by atoms with Crippen LogP contribution in [0.4, 0.5) is 0 Å². The summed E-state index contributed by atoms with van der Waals surface area (Å²) in [6.07, 6.45) is 0.702. The zero-order valence-corrected chi connectivity index (χ0v) is 14.0. The first-order valence-corrected chi connectivity index (χ1v) is 9.42. The number of rotatable bonds is 5. The maximum absolute atomic E-state index is 12.2. The summed E-state index contributed by atoms with van der Waals surface area (Å²) in [5, 5.41) is 4.25. The van der Waals surface area contributed by atoms with Crippen molar-refractivity contribution in [2.75, 3.05) is 26.9 Å². The van der Waals surface area contributed by atoms with Crippen LogP contribution in [0.5, 0.6) is 0 Å². The van der Waals surface area contributed by atoms with Crippen molar-refractivity contribution in [3.8, 4) is 0 Å². The molecular formula is C12H16ClNO5S2. The molecule has 0 saturated carbocycles. The first kappa shape index (κ1) is 16.7. The number of amides is 1. The minimum absolute atomic E-state index is 0.0000267. The average Bonchev–Trinajstić information content (AvgIpc) is 3.02. The first-order valence-electron chi connectivity index (χ1n) is 6.23. The van der Waals surface area contributed by atoms with E-state index < -0.39 is 14.7 Å². The van der Waals surface area contributed by atoms with Gasteiger partial charge in [0.2, 0.25) is 0 Å². The lowest BCUT2D eigenvalue weighted by molar-refractivity contribution is -0.0148. The maximum atomic E-state index is 12.2. The highest BCUT2D eigenvalue weighted by Gasteiger charge is 2.35. The molecule has 2 rings (SSSR count). The van der Waals surface area contributed by atoms with Crippen LogP contribution in [0.25, 0.3) is 0 Å². The summed E-state index contributed by atoms with van der Waals surface area (Å²) in [6, 6.07) is 0. The molecule has 0 radical (unpaired) electrons. The molecule has 1 unspecified atom stereocenters. The number of carbonyl (C=O) groups excluding carboxylic acids is 1. The molecule has 1 aromatic heterocycles. The molecule has 118 valence electrons. The van der Waals surface area contributed by atoms with Gasteiger partial charge in [-0.05, 0) is 12.5 Å². The van der Waals surface area contributed by atoms with E-state index in [2.05, 4.69) is 5.32 Å². The van der Waals surface area contributed by atoms with Crippen LogP contribution in [-0.2, 0) is 18.5 Å². The molecule has 9 heteroatoms. The van der Waals surface area contributed by atoms with Gasteiger partial charge in [0.15, 0.2) is 0 Å². The number of thiophene rings is 1. The number of methoxy groups -OCH3 is 1. The monoisotopic (exact) mass is 353 g/mol. The van der Waals surface area contributed by atoms with E-state index >= 15 is 0 Å². The summed E-state index contributed by atoms with van der Waals surface area (Å²) in [5.74, 6) is -0.348. The molecule has 1 fully saturated rings. The van der Waals surface area contributed by atoms with Crippen LogP contribution in [-0.4, -0.2) is 46.8 Å². The van der Waals surface area contributed by atoms with Gasteiger partial charge in [0.1, 0.15) is 9.81 Å². The van der Waals surface area contributed by atoms with Crippen molar-refractivity contribution in [1.82, 2.24) is 5.32 Å². The highest BCUT2D eigenvalue weighted by Crippen LogP contribution is 2.29. The van der Waals surface area contributed by atoms with E-state index in [1.165, 1.54) is 5.38 Å². The van der Waals surface area contributed by atoms with Crippen molar-refractivity contribution < 1.29 is 22.7 Å². The fourth-order valence-corrected chi connectivity index (χ4v) is 4.71. The third-order valence-corrected chi connectivity index (χ3v) is 6.84. The predicted molar refractivity (Wildman–Crippen MR) is 79.6 cm³/mol. The Kier molecular flexibility index (Phi) is 4.94. The van der Waals surface area contributed by atoms with Crippen molar-refractivity contribution in [3.05, 3.63) is 16.5 Å². The lowest BCUT2D eigenvalue weighted by Gasteiger charge is -2.25. The third-order valence-electron chi connectivity index (χ3n) is 3.53. The summed E-state index contributed by atoms with van der Waals surface area (Å²) in [6.45, 7) is 2.88. The van der Waals surface area contributed by atoms with Gasteiger partial charge in [0.25, 0.3) is 15.0 Å². The highest BCUT2D eigenvalue weighted by molar-refractivity contribution is 8.15. The van der Waals surface area contributed by atoms with Gasteiger partial charge in [-0.25, -0.2) is 8.42 Å². The number of nitrogens with one attached hydrogen (secondary N) is 1.